The fourth-order valence-electron chi connectivity index (χ4n) is 7.09. The molecule has 0 N–H and O–H groups in total. The number of hydrogen-bond acceptors (Lipinski definition) is 1. The second kappa shape index (κ2) is 7.00. The predicted octanol–water partition coefficient (Wildman–Crippen LogP) is 6.36. The molecule has 0 bridgehead atoms. The van der Waals surface area contributed by atoms with Crippen LogP contribution in [0.3, 0.4) is 0 Å². The van der Waals surface area contributed by atoms with Gasteiger partial charge in [0.05, 0.1) is 5.69 Å². The van der Waals surface area contributed by atoms with E-state index in [2.05, 4.69) is 129 Å². The van der Waals surface area contributed by atoms with Gasteiger partial charge in [0.1, 0.15) is 0 Å². The Morgan fingerprint density at radius 2 is 1.14 bits per heavy atom. The van der Waals surface area contributed by atoms with Gasteiger partial charge in [0.25, 0.3) is 0 Å². The molecule has 2 aliphatic heterocycles. The minimum Gasteiger partial charge on any atom is -0.311 e. The summed E-state index contributed by atoms with van der Waals surface area (Å²) in [6.07, 6.45) is 0. The maximum absolute atomic E-state index is 2.92. The average Bonchev–Trinajstić information content (AvgIpc) is 3.29. The van der Waals surface area contributed by atoms with E-state index in [0.29, 0.717) is 0 Å². The Morgan fingerprint density at radius 3 is 2.03 bits per heavy atom. The largest absolute Gasteiger partial charge is 0.311 e. The lowest BCUT2D eigenvalue weighted by Gasteiger charge is -2.36. The number of nitrogens with zero attached hydrogens (tertiary/aromatic N) is 1. The SMILES string of the molecule is Pc1ccc2ccc3c(N4c5ccccc5B5c6ccccc6-c6cccc4c65)ccc4ccc1c2c43. The monoisotopic (exact) mass is 485 g/mol. The lowest BCUT2D eigenvalue weighted by Crippen LogP contribution is -2.54. The molecule has 9 rings (SSSR count). The maximum atomic E-state index is 2.92. The van der Waals surface area contributed by atoms with Crippen LogP contribution < -0.4 is 26.6 Å². The summed E-state index contributed by atoms with van der Waals surface area (Å²) in [4.78, 5) is 2.52. The minimum atomic E-state index is 0.273. The van der Waals surface area contributed by atoms with Gasteiger partial charge in [-0.25, -0.2) is 0 Å². The van der Waals surface area contributed by atoms with E-state index in [1.165, 1.54) is 82.2 Å². The first-order chi connectivity index (χ1) is 18.3. The highest BCUT2D eigenvalue weighted by Crippen LogP contribution is 2.45. The van der Waals surface area contributed by atoms with Crippen LogP contribution in [0.2, 0.25) is 0 Å². The number of fused-ring (bicyclic) bond motifs is 5. The van der Waals surface area contributed by atoms with Crippen molar-refractivity contribution in [3.8, 4) is 11.1 Å². The maximum Gasteiger partial charge on any atom is 0.248 e. The highest BCUT2D eigenvalue weighted by Gasteiger charge is 2.42. The summed E-state index contributed by atoms with van der Waals surface area (Å²) >= 11 is 0. The molecule has 0 radical (unpaired) electrons. The summed E-state index contributed by atoms with van der Waals surface area (Å²) < 4.78 is 0. The molecule has 3 heteroatoms. The standard InChI is InChI=1S/C34H21BNP/c37-31-19-15-21-12-16-24-28(18-14-20-13-17-25(31)33(21)32(20)24)36-29-10-4-3-9-27(29)35-26-8-2-1-6-22(26)23-7-5-11-30(36)34(23)35/h1-19H,37H2. The number of benzene rings is 7. The van der Waals surface area contributed by atoms with E-state index < -0.39 is 0 Å². The van der Waals surface area contributed by atoms with Crippen LogP contribution in [0.25, 0.3) is 43.4 Å². The Hall–Kier alpha value is -4.13. The highest BCUT2D eigenvalue weighted by molar-refractivity contribution is 7.28. The Bertz CT molecular complexity index is 2080. The van der Waals surface area contributed by atoms with E-state index in [4.69, 9.17) is 0 Å². The van der Waals surface area contributed by atoms with E-state index >= 15 is 0 Å². The van der Waals surface area contributed by atoms with Gasteiger partial charge in [-0.3, -0.25) is 0 Å². The summed E-state index contributed by atoms with van der Waals surface area (Å²) in [5, 5.41) is 9.16. The van der Waals surface area contributed by atoms with Crippen LogP contribution in [0, 0.1) is 0 Å². The molecule has 0 aliphatic carbocycles. The van der Waals surface area contributed by atoms with Gasteiger partial charge < -0.3 is 4.90 Å². The van der Waals surface area contributed by atoms with Gasteiger partial charge in [0.2, 0.25) is 6.71 Å². The van der Waals surface area contributed by atoms with Crippen molar-refractivity contribution in [2.75, 3.05) is 4.90 Å². The lowest BCUT2D eigenvalue weighted by atomic mass is 9.37. The zero-order valence-electron chi connectivity index (χ0n) is 20.1. The van der Waals surface area contributed by atoms with Crippen molar-refractivity contribution >= 4 is 87.0 Å². The fourth-order valence-corrected chi connectivity index (χ4v) is 7.42. The quantitative estimate of drug-likeness (QED) is 0.149. The molecule has 2 aliphatic rings. The van der Waals surface area contributed by atoms with Crippen LogP contribution in [0.4, 0.5) is 17.1 Å². The van der Waals surface area contributed by atoms with Crippen LogP contribution in [-0.2, 0) is 0 Å². The molecule has 37 heavy (non-hydrogen) atoms. The Morgan fingerprint density at radius 1 is 0.486 bits per heavy atom. The number of para-hydroxylation sites is 1. The van der Waals surface area contributed by atoms with E-state index in [1.807, 2.05) is 0 Å². The van der Waals surface area contributed by atoms with Crippen LogP contribution >= 0.6 is 9.24 Å². The van der Waals surface area contributed by atoms with Gasteiger partial charge in [-0.2, -0.15) is 0 Å². The van der Waals surface area contributed by atoms with Crippen LogP contribution in [0.1, 0.15) is 0 Å². The fraction of sp³-hybridized carbons (Fsp3) is 0. The second-order valence-corrected chi connectivity index (χ2v) is 10.9. The van der Waals surface area contributed by atoms with Gasteiger partial charge in [0, 0.05) is 16.8 Å². The summed E-state index contributed by atoms with van der Waals surface area (Å²) in [6, 6.07) is 43.0. The minimum absolute atomic E-state index is 0.273. The van der Waals surface area contributed by atoms with Crippen molar-refractivity contribution < 1.29 is 0 Å². The van der Waals surface area contributed by atoms with Crippen molar-refractivity contribution in [1.29, 1.82) is 0 Å². The summed E-state index contributed by atoms with van der Waals surface area (Å²) in [6.45, 7) is 0.273. The summed E-state index contributed by atoms with van der Waals surface area (Å²) in [7, 11) is 2.92. The normalized spacial score (nSPS) is 13.4. The van der Waals surface area contributed by atoms with Gasteiger partial charge in [-0.1, -0.05) is 103 Å². The summed E-state index contributed by atoms with van der Waals surface area (Å²) in [5.74, 6) is 0. The first-order valence-corrected chi connectivity index (χ1v) is 13.4. The first kappa shape index (κ1) is 20.0. The average molecular weight is 485 g/mol. The Labute approximate surface area is 218 Å². The molecule has 1 atom stereocenters. The molecular formula is C34H21BNP. The first-order valence-electron chi connectivity index (χ1n) is 12.9. The molecule has 1 nitrogen and oxygen atoms in total. The zero-order valence-corrected chi connectivity index (χ0v) is 21.2. The van der Waals surface area contributed by atoms with Crippen molar-refractivity contribution in [1.82, 2.24) is 0 Å². The molecule has 0 saturated heterocycles. The smallest absolute Gasteiger partial charge is 0.248 e. The third kappa shape index (κ3) is 2.44. The predicted molar refractivity (Wildman–Crippen MR) is 164 cm³/mol. The molecule has 2 heterocycles. The lowest BCUT2D eigenvalue weighted by molar-refractivity contribution is 1.31. The molecule has 7 aromatic rings. The van der Waals surface area contributed by atoms with Crippen molar-refractivity contribution in [3.05, 3.63) is 115 Å². The Balaban J connectivity index is 1.41. The number of hydrogen-bond donors (Lipinski definition) is 0. The van der Waals surface area contributed by atoms with Crippen LogP contribution in [-0.4, -0.2) is 6.71 Å². The van der Waals surface area contributed by atoms with Crippen LogP contribution in [0.15, 0.2) is 115 Å². The zero-order chi connectivity index (χ0) is 24.2. The van der Waals surface area contributed by atoms with Gasteiger partial charge in [-0.15, -0.1) is 9.24 Å². The molecule has 0 saturated carbocycles. The second-order valence-electron chi connectivity index (χ2n) is 10.3. The van der Waals surface area contributed by atoms with Gasteiger partial charge in [0.15, 0.2) is 0 Å². The van der Waals surface area contributed by atoms with Gasteiger partial charge >= 0.3 is 0 Å². The third-order valence-corrected chi connectivity index (χ3v) is 9.08. The molecule has 0 amide bonds. The Kier molecular flexibility index (Phi) is 3.78. The molecular weight excluding hydrogens is 464 g/mol. The van der Waals surface area contributed by atoms with Crippen molar-refractivity contribution in [2.24, 2.45) is 0 Å². The van der Waals surface area contributed by atoms with E-state index in [1.54, 1.807) is 0 Å². The molecule has 0 aromatic heterocycles. The third-order valence-electron chi connectivity index (χ3n) is 8.58. The number of rotatable bonds is 1. The van der Waals surface area contributed by atoms with Crippen molar-refractivity contribution in [2.45, 2.75) is 0 Å². The molecule has 7 aromatic carbocycles. The van der Waals surface area contributed by atoms with Crippen LogP contribution in [0.5, 0.6) is 0 Å². The molecule has 0 spiro atoms. The molecule has 1 unspecified atom stereocenters. The van der Waals surface area contributed by atoms with Gasteiger partial charge in [-0.05, 0) is 72.5 Å². The number of anilines is 3. The summed E-state index contributed by atoms with van der Waals surface area (Å²) in [5.41, 5.74) is 10.8. The highest BCUT2D eigenvalue weighted by atomic mass is 31.0. The molecule has 170 valence electrons. The van der Waals surface area contributed by atoms with E-state index in [-0.39, 0.29) is 6.71 Å². The topological polar surface area (TPSA) is 3.24 Å². The molecule has 0 fully saturated rings. The van der Waals surface area contributed by atoms with E-state index in [0.717, 1.165) is 0 Å². The van der Waals surface area contributed by atoms with Crippen molar-refractivity contribution in [3.63, 3.8) is 0 Å². The van der Waals surface area contributed by atoms with E-state index in [9.17, 15) is 0 Å².